The number of hydrogen-bond donors (Lipinski definition) is 2. The van der Waals surface area contributed by atoms with Crippen LogP contribution >= 0.6 is 15.9 Å². The zero-order chi connectivity index (χ0) is 23.5. The summed E-state index contributed by atoms with van der Waals surface area (Å²) >= 11 is 3.56. The molecule has 4 nitrogen and oxygen atoms in total. The molecule has 2 heterocycles. The summed E-state index contributed by atoms with van der Waals surface area (Å²) in [6, 6.07) is 25.2. The minimum atomic E-state index is 0.0959. The molecule has 0 saturated heterocycles. The number of aromatic amines is 1. The van der Waals surface area contributed by atoms with Gasteiger partial charge in [0.2, 0.25) is 5.91 Å². The summed E-state index contributed by atoms with van der Waals surface area (Å²) in [6.07, 6.45) is 4.23. The summed E-state index contributed by atoms with van der Waals surface area (Å²) in [5.41, 5.74) is 7.26. The van der Waals surface area contributed by atoms with Gasteiger partial charge in [-0.05, 0) is 60.7 Å². The second kappa shape index (κ2) is 9.90. The molecular weight excluding hydrogens is 486 g/mol. The highest BCUT2D eigenvalue weighted by Gasteiger charge is 2.12. The van der Waals surface area contributed by atoms with Crippen molar-refractivity contribution < 1.29 is 4.79 Å². The molecular formula is C29H28BrN3O. The smallest absolute Gasteiger partial charge is 0.220 e. The lowest BCUT2D eigenvalue weighted by atomic mass is 10.1. The van der Waals surface area contributed by atoms with Crippen LogP contribution in [-0.2, 0) is 24.2 Å². The van der Waals surface area contributed by atoms with Crippen molar-refractivity contribution in [2.24, 2.45) is 0 Å². The number of halogens is 1. The van der Waals surface area contributed by atoms with E-state index in [1.807, 2.05) is 12.1 Å². The number of fused-ring (bicyclic) bond motifs is 2. The highest BCUT2D eigenvalue weighted by Crippen LogP contribution is 2.26. The summed E-state index contributed by atoms with van der Waals surface area (Å²) in [6.45, 7) is 3.55. The van der Waals surface area contributed by atoms with Crippen LogP contribution in [0.3, 0.4) is 0 Å². The third-order valence-electron chi connectivity index (χ3n) is 6.47. The summed E-state index contributed by atoms with van der Waals surface area (Å²) in [7, 11) is 0. The molecule has 5 aromatic rings. The van der Waals surface area contributed by atoms with Gasteiger partial charge in [0.25, 0.3) is 0 Å². The molecule has 5 rings (SSSR count). The van der Waals surface area contributed by atoms with Crippen molar-refractivity contribution in [2.75, 3.05) is 6.54 Å². The Morgan fingerprint density at radius 2 is 1.76 bits per heavy atom. The van der Waals surface area contributed by atoms with Gasteiger partial charge in [-0.25, -0.2) is 0 Å². The molecule has 2 aromatic heterocycles. The fraction of sp³-hybridized carbons (Fsp3) is 0.207. The average Bonchev–Trinajstić information content (AvgIpc) is 3.35. The summed E-state index contributed by atoms with van der Waals surface area (Å²) in [5.74, 6) is 0.0959. The van der Waals surface area contributed by atoms with Crippen LogP contribution in [0.25, 0.3) is 21.8 Å². The molecule has 0 spiro atoms. The number of carbonyl (C=O) groups excluding carboxylic acids is 1. The molecule has 0 radical (unpaired) electrons. The number of hydrogen-bond acceptors (Lipinski definition) is 1. The van der Waals surface area contributed by atoms with Gasteiger partial charge in [0.05, 0.1) is 0 Å². The van der Waals surface area contributed by atoms with E-state index in [4.69, 9.17) is 0 Å². The highest BCUT2D eigenvalue weighted by molar-refractivity contribution is 9.10. The zero-order valence-electron chi connectivity index (χ0n) is 19.3. The molecule has 0 fully saturated rings. The molecule has 0 saturated carbocycles. The number of nitrogens with one attached hydrogen (secondary N) is 2. The molecule has 0 atom stereocenters. The van der Waals surface area contributed by atoms with Crippen LogP contribution in [0.15, 0.2) is 83.5 Å². The van der Waals surface area contributed by atoms with Crippen molar-refractivity contribution in [1.82, 2.24) is 14.9 Å². The predicted octanol–water partition coefficient (Wildman–Crippen LogP) is 6.53. The third kappa shape index (κ3) is 4.80. The van der Waals surface area contributed by atoms with E-state index in [1.165, 1.54) is 33.0 Å². The molecule has 3 aromatic carbocycles. The van der Waals surface area contributed by atoms with Crippen molar-refractivity contribution in [1.29, 1.82) is 0 Å². The predicted molar refractivity (Wildman–Crippen MR) is 143 cm³/mol. The molecule has 5 heteroatoms. The lowest BCUT2D eigenvalue weighted by molar-refractivity contribution is -0.121. The summed E-state index contributed by atoms with van der Waals surface area (Å²) in [5, 5.41) is 5.56. The number of aryl methyl sites for hydroxylation is 2. The Balaban J connectivity index is 1.22. The quantitative estimate of drug-likeness (QED) is 0.243. The van der Waals surface area contributed by atoms with Crippen LogP contribution in [0.1, 0.15) is 28.8 Å². The van der Waals surface area contributed by atoms with E-state index < -0.39 is 0 Å². The Kier molecular flexibility index (Phi) is 6.54. The first-order valence-electron chi connectivity index (χ1n) is 11.7. The first-order chi connectivity index (χ1) is 16.6. The van der Waals surface area contributed by atoms with E-state index in [0.717, 1.165) is 35.1 Å². The van der Waals surface area contributed by atoms with E-state index in [1.54, 1.807) is 0 Å². The van der Waals surface area contributed by atoms with E-state index in [9.17, 15) is 4.79 Å². The number of benzene rings is 3. The van der Waals surface area contributed by atoms with Crippen LogP contribution in [0.5, 0.6) is 0 Å². The van der Waals surface area contributed by atoms with Crippen molar-refractivity contribution in [3.05, 3.63) is 106 Å². The first kappa shape index (κ1) is 22.5. The Hall–Kier alpha value is -3.31. The fourth-order valence-electron chi connectivity index (χ4n) is 4.77. The van der Waals surface area contributed by atoms with Crippen LogP contribution in [0, 0.1) is 6.92 Å². The van der Waals surface area contributed by atoms with Gasteiger partial charge in [0.1, 0.15) is 0 Å². The van der Waals surface area contributed by atoms with Crippen LogP contribution in [0.2, 0.25) is 0 Å². The van der Waals surface area contributed by atoms with Crippen molar-refractivity contribution in [2.45, 2.75) is 32.7 Å². The lowest BCUT2D eigenvalue weighted by Gasteiger charge is -2.06. The fourth-order valence-corrected chi connectivity index (χ4v) is 5.13. The lowest BCUT2D eigenvalue weighted by Crippen LogP contribution is -2.26. The van der Waals surface area contributed by atoms with E-state index in [-0.39, 0.29) is 5.91 Å². The number of rotatable bonds is 8. The monoisotopic (exact) mass is 513 g/mol. The second-order valence-corrected chi connectivity index (χ2v) is 9.72. The second-order valence-electron chi connectivity index (χ2n) is 8.80. The minimum absolute atomic E-state index is 0.0959. The molecule has 0 aliphatic rings. The first-order valence-corrected chi connectivity index (χ1v) is 12.5. The van der Waals surface area contributed by atoms with Crippen molar-refractivity contribution in [3.63, 3.8) is 0 Å². The maximum atomic E-state index is 12.6. The van der Waals surface area contributed by atoms with Gasteiger partial charge in [-0.15, -0.1) is 0 Å². The minimum Gasteiger partial charge on any atom is -0.358 e. The molecule has 2 N–H and O–H groups in total. The molecule has 0 aliphatic heterocycles. The molecule has 0 unspecified atom stereocenters. The number of H-pyrrole nitrogens is 1. The third-order valence-corrected chi connectivity index (χ3v) is 6.96. The average molecular weight is 514 g/mol. The molecule has 0 bridgehead atoms. The van der Waals surface area contributed by atoms with Crippen molar-refractivity contribution >= 4 is 43.6 Å². The Morgan fingerprint density at radius 3 is 2.62 bits per heavy atom. The SMILES string of the molecule is Cc1[nH]c2ccc(Br)cc2c1CCNC(=O)CCc1cn(Cc2ccccc2)c2ccccc12. The van der Waals surface area contributed by atoms with Crippen molar-refractivity contribution in [3.8, 4) is 0 Å². The van der Waals surface area contributed by atoms with E-state index in [2.05, 4.69) is 105 Å². The van der Waals surface area contributed by atoms with Crippen LogP contribution in [-0.4, -0.2) is 22.0 Å². The maximum absolute atomic E-state index is 12.6. The number of para-hydroxylation sites is 1. The Labute approximate surface area is 208 Å². The normalized spacial score (nSPS) is 11.4. The van der Waals surface area contributed by atoms with Gasteiger partial charge in [0.15, 0.2) is 0 Å². The number of nitrogens with zero attached hydrogens (tertiary/aromatic N) is 1. The largest absolute Gasteiger partial charge is 0.358 e. The summed E-state index contributed by atoms with van der Waals surface area (Å²) in [4.78, 5) is 16.1. The molecule has 1 amide bonds. The Bertz CT molecular complexity index is 1450. The number of aromatic nitrogens is 2. The van der Waals surface area contributed by atoms with E-state index in [0.29, 0.717) is 13.0 Å². The van der Waals surface area contributed by atoms with Gasteiger partial charge in [0, 0.05) is 57.7 Å². The molecule has 172 valence electrons. The zero-order valence-corrected chi connectivity index (χ0v) is 20.9. The highest BCUT2D eigenvalue weighted by atomic mass is 79.9. The van der Waals surface area contributed by atoms with Gasteiger partial charge in [-0.2, -0.15) is 0 Å². The standard InChI is InChI=1S/C29H28BrN3O/c1-20-24(26-17-23(30)12-13-27(26)32-20)15-16-31-29(34)14-11-22-19-33(18-21-7-3-2-4-8-21)28-10-6-5-9-25(22)28/h2-10,12-13,17,19,32H,11,14-16,18H2,1H3,(H,31,34). The van der Waals surface area contributed by atoms with Gasteiger partial charge < -0.3 is 14.9 Å². The number of amides is 1. The molecule has 34 heavy (non-hydrogen) atoms. The number of carbonyl (C=O) groups is 1. The van der Waals surface area contributed by atoms with Crippen LogP contribution in [0.4, 0.5) is 0 Å². The topological polar surface area (TPSA) is 49.8 Å². The van der Waals surface area contributed by atoms with Gasteiger partial charge in [-0.3, -0.25) is 4.79 Å². The maximum Gasteiger partial charge on any atom is 0.220 e. The Morgan fingerprint density at radius 1 is 0.971 bits per heavy atom. The van der Waals surface area contributed by atoms with Gasteiger partial charge in [-0.1, -0.05) is 64.5 Å². The summed E-state index contributed by atoms with van der Waals surface area (Å²) < 4.78 is 3.35. The van der Waals surface area contributed by atoms with Crippen LogP contribution < -0.4 is 5.32 Å². The van der Waals surface area contributed by atoms with Gasteiger partial charge >= 0.3 is 0 Å². The van der Waals surface area contributed by atoms with E-state index >= 15 is 0 Å². The molecule has 0 aliphatic carbocycles.